The van der Waals surface area contributed by atoms with E-state index >= 15 is 0 Å². The van der Waals surface area contributed by atoms with Gasteiger partial charge in [-0.05, 0) is 19.3 Å². The van der Waals surface area contributed by atoms with Crippen LogP contribution in [0.1, 0.15) is 34.1 Å². The molecule has 0 bridgehead atoms. The monoisotopic (exact) mass is 277 g/mol. The fourth-order valence-electron chi connectivity index (χ4n) is 1.25. The second kappa shape index (κ2) is 9.19. The van der Waals surface area contributed by atoms with Crippen LogP contribution in [0, 0.1) is 5.92 Å². The van der Waals surface area contributed by atoms with Crippen molar-refractivity contribution in [1.82, 2.24) is 10.6 Å². The van der Waals surface area contributed by atoms with E-state index in [2.05, 4.69) is 29.5 Å². The maximum atomic E-state index is 11.3. The highest BCUT2D eigenvalue weighted by Crippen LogP contribution is 1.98. The van der Waals surface area contributed by atoms with Gasteiger partial charge in [-0.3, -0.25) is 4.99 Å². The molecule has 0 radical (unpaired) electrons. The number of aliphatic imine (C=N–C) groups is 1. The Balaban J connectivity index is 4.11. The van der Waals surface area contributed by atoms with E-state index in [0.29, 0.717) is 18.4 Å². The lowest BCUT2D eigenvalue weighted by molar-refractivity contribution is 0.593. The van der Waals surface area contributed by atoms with Gasteiger partial charge in [0, 0.05) is 25.4 Å². The van der Waals surface area contributed by atoms with Gasteiger partial charge in [-0.1, -0.05) is 20.8 Å². The molecule has 0 aromatic heterocycles. The molecule has 0 aliphatic rings. The number of guanidine groups is 1. The Morgan fingerprint density at radius 2 is 1.89 bits per heavy atom. The summed E-state index contributed by atoms with van der Waals surface area (Å²) in [6.45, 7) is 9.90. The molecule has 0 spiro atoms. The molecule has 0 unspecified atom stereocenters. The van der Waals surface area contributed by atoms with Crippen molar-refractivity contribution in [3.05, 3.63) is 0 Å². The van der Waals surface area contributed by atoms with Gasteiger partial charge in [-0.25, -0.2) is 8.42 Å². The average Bonchev–Trinajstić information content (AvgIpc) is 2.28. The smallest absolute Gasteiger partial charge is 0.191 e. The number of hydrogen-bond donors (Lipinski definition) is 2. The first kappa shape index (κ1) is 17.2. The Labute approximate surface area is 111 Å². The molecule has 18 heavy (non-hydrogen) atoms. The van der Waals surface area contributed by atoms with Gasteiger partial charge in [0.2, 0.25) is 0 Å². The van der Waals surface area contributed by atoms with Crippen LogP contribution >= 0.6 is 0 Å². The van der Waals surface area contributed by atoms with E-state index in [1.165, 1.54) is 0 Å². The first-order valence-electron chi connectivity index (χ1n) is 6.63. The standard InChI is InChI=1S/C12H27N3O2S/c1-5-13-12(14-8-7-11(3)4)15-9-10-18(16,17)6-2/h11H,5-10H2,1-4H3,(H2,13,14,15). The Bertz CT molecular complexity index is 337. The van der Waals surface area contributed by atoms with Gasteiger partial charge in [0.1, 0.15) is 0 Å². The molecule has 0 fully saturated rings. The van der Waals surface area contributed by atoms with Crippen LogP contribution in [-0.2, 0) is 9.84 Å². The zero-order chi connectivity index (χ0) is 14.0. The number of nitrogens with zero attached hydrogens (tertiary/aromatic N) is 1. The van der Waals surface area contributed by atoms with Crippen molar-refractivity contribution in [3.63, 3.8) is 0 Å². The van der Waals surface area contributed by atoms with E-state index in [9.17, 15) is 8.42 Å². The van der Waals surface area contributed by atoms with Crippen molar-refractivity contribution in [1.29, 1.82) is 0 Å². The normalized spacial score (nSPS) is 12.8. The van der Waals surface area contributed by atoms with Gasteiger partial charge in [0.25, 0.3) is 0 Å². The maximum absolute atomic E-state index is 11.3. The number of nitrogens with one attached hydrogen (secondary N) is 2. The molecule has 0 aliphatic carbocycles. The van der Waals surface area contributed by atoms with Gasteiger partial charge in [-0.2, -0.15) is 0 Å². The third kappa shape index (κ3) is 9.27. The summed E-state index contributed by atoms with van der Waals surface area (Å²) >= 11 is 0. The highest BCUT2D eigenvalue weighted by molar-refractivity contribution is 7.91. The second-order valence-electron chi connectivity index (χ2n) is 4.61. The predicted octanol–water partition coefficient (Wildman–Crippen LogP) is 1.02. The van der Waals surface area contributed by atoms with Gasteiger partial charge in [0.05, 0.1) is 5.75 Å². The molecule has 0 saturated carbocycles. The van der Waals surface area contributed by atoms with Crippen molar-refractivity contribution in [2.24, 2.45) is 10.9 Å². The molecule has 0 amide bonds. The minimum absolute atomic E-state index is 0.151. The first-order chi connectivity index (χ1) is 8.41. The van der Waals surface area contributed by atoms with E-state index in [1.54, 1.807) is 6.92 Å². The molecular weight excluding hydrogens is 250 g/mol. The van der Waals surface area contributed by atoms with Gasteiger partial charge in [0.15, 0.2) is 15.8 Å². The van der Waals surface area contributed by atoms with Crippen LogP contribution < -0.4 is 10.6 Å². The van der Waals surface area contributed by atoms with Crippen molar-refractivity contribution in [3.8, 4) is 0 Å². The highest BCUT2D eigenvalue weighted by atomic mass is 32.2. The van der Waals surface area contributed by atoms with E-state index in [0.717, 1.165) is 19.5 Å². The number of sulfone groups is 1. The first-order valence-corrected chi connectivity index (χ1v) is 8.46. The zero-order valence-electron chi connectivity index (χ0n) is 12.0. The Hall–Kier alpha value is -0.780. The Morgan fingerprint density at radius 3 is 2.39 bits per heavy atom. The predicted molar refractivity (Wildman–Crippen MR) is 77.8 cm³/mol. The van der Waals surface area contributed by atoms with Crippen molar-refractivity contribution in [2.45, 2.75) is 34.1 Å². The molecule has 0 aromatic rings. The lowest BCUT2D eigenvalue weighted by atomic mass is 10.1. The third-order valence-electron chi connectivity index (χ3n) is 2.47. The third-order valence-corrected chi connectivity index (χ3v) is 4.17. The van der Waals surface area contributed by atoms with E-state index in [1.807, 2.05) is 6.92 Å². The van der Waals surface area contributed by atoms with Gasteiger partial charge >= 0.3 is 0 Å². The molecule has 0 aliphatic heterocycles. The SMILES string of the molecule is CCNC(=NCCC(C)C)NCCS(=O)(=O)CC. The summed E-state index contributed by atoms with van der Waals surface area (Å²) in [6, 6.07) is 0. The van der Waals surface area contributed by atoms with Crippen LogP contribution in [-0.4, -0.2) is 45.5 Å². The van der Waals surface area contributed by atoms with Gasteiger partial charge < -0.3 is 10.6 Å². The summed E-state index contributed by atoms with van der Waals surface area (Å²) < 4.78 is 22.7. The van der Waals surface area contributed by atoms with Crippen LogP contribution in [0.25, 0.3) is 0 Å². The number of hydrogen-bond acceptors (Lipinski definition) is 3. The summed E-state index contributed by atoms with van der Waals surface area (Å²) in [6.07, 6.45) is 1.03. The molecule has 0 atom stereocenters. The minimum atomic E-state index is -2.91. The van der Waals surface area contributed by atoms with Crippen molar-refractivity contribution < 1.29 is 8.42 Å². The molecule has 2 N–H and O–H groups in total. The molecule has 0 saturated heterocycles. The fourth-order valence-corrected chi connectivity index (χ4v) is 1.95. The van der Waals surface area contributed by atoms with Crippen LogP contribution in [0.5, 0.6) is 0 Å². The molecular formula is C12H27N3O2S. The van der Waals surface area contributed by atoms with E-state index in [-0.39, 0.29) is 11.5 Å². The molecule has 6 heteroatoms. The summed E-state index contributed by atoms with van der Waals surface area (Å²) in [4.78, 5) is 4.40. The molecule has 0 heterocycles. The molecule has 5 nitrogen and oxygen atoms in total. The summed E-state index contributed by atoms with van der Waals surface area (Å²) in [5.74, 6) is 1.66. The van der Waals surface area contributed by atoms with Gasteiger partial charge in [-0.15, -0.1) is 0 Å². The average molecular weight is 277 g/mol. The van der Waals surface area contributed by atoms with E-state index < -0.39 is 9.84 Å². The highest BCUT2D eigenvalue weighted by Gasteiger charge is 2.07. The molecule has 108 valence electrons. The minimum Gasteiger partial charge on any atom is -0.357 e. The van der Waals surface area contributed by atoms with Crippen LogP contribution in [0.15, 0.2) is 4.99 Å². The summed E-state index contributed by atoms with van der Waals surface area (Å²) in [5.41, 5.74) is 0. The Kier molecular flexibility index (Phi) is 8.79. The fraction of sp³-hybridized carbons (Fsp3) is 0.917. The van der Waals surface area contributed by atoms with E-state index in [4.69, 9.17) is 0 Å². The lowest BCUT2D eigenvalue weighted by Gasteiger charge is -2.11. The molecule has 0 rings (SSSR count). The lowest BCUT2D eigenvalue weighted by Crippen LogP contribution is -2.39. The quantitative estimate of drug-likeness (QED) is 0.513. The largest absolute Gasteiger partial charge is 0.357 e. The topological polar surface area (TPSA) is 70.6 Å². The van der Waals surface area contributed by atoms with Crippen LogP contribution in [0.4, 0.5) is 0 Å². The second-order valence-corrected chi connectivity index (χ2v) is 7.08. The zero-order valence-corrected chi connectivity index (χ0v) is 12.8. The van der Waals surface area contributed by atoms with Crippen molar-refractivity contribution in [2.75, 3.05) is 31.1 Å². The number of rotatable bonds is 8. The molecule has 0 aromatic carbocycles. The van der Waals surface area contributed by atoms with Crippen LogP contribution in [0.2, 0.25) is 0 Å². The van der Waals surface area contributed by atoms with Crippen molar-refractivity contribution >= 4 is 15.8 Å². The summed E-state index contributed by atoms with van der Waals surface area (Å²) in [7, 11) is -2.91. The Morgan fingerprint density at radius 1 is 1.22 bits per heavy atom. The van der Waals surface area contributed by atoms with Crippen LogP contribution in [0.3, 0.4) is 0 Å². The summed E-state index contributed by atoms with van der Waals surface area (Å²) in [5, 5.41) is 6.15. The maximum Gasteiger partial charge on any atom is 0.191 e.